The van der Waals surface area contributed by atoms with Gasteiger partial charge in [0.2, 0.25) is 5.91 Å². The highest BCUT2D eigenvalue weighted by Gasteiger charge is 2.60. The van der Waals surface area contributed by atoms with E-state index in [1.165, 1.54) is 4.90 Å². The minimum absolute atomic E-state index is 0.0373. The Kier molecular flexibility index (Phi) is 5.83. The molecule has 2 aromatic carbocycles. The average molecular weight is 573 g/mol. The molecule has 0 saturated carbocycles. The standard InChI is InChI=1S/C32H34N4O6/c1-17-26(29(32(41)42)34-28(17)27(18(2)37)31(34)40)20-4-6-22-23(14-20)21-5-3-19(13-24(21)30(22)39)15-35-7-10-36(11-8-35,12-9-35)16-25(33)38/h3-6,13-14,17-18,27-28,37H,7-12,15-16H2,1-2H3,(H-2,33,38,41,42)/p+2/t17-,18+,27+,28+,35?,36?/m0/s1. The van der Waals surface area contributed by atoms with E-state index in [9.17, 15) is 29.4 Å². The molecule has 4 saturated heterocycles. The molecule has 5 heterocycles. The van der Waals surface area contributed by atoms with Crippen molar-refractivity contribution in [3.8, 4) is 11.1 Å². The number of carbonyl (C=O) groups is 4. The Labute approximate surface area is 243 Å². The van der Waals surface area contributed by atoms with Crippen molar-refractivity contribution < 1.29 is 38.4 Å². The molecule has 0 unspecified atom stereocenters. The summed E-state index contributed by atoms with van der Waals surface area (Å²) in [6.07, 6.45) is -0.869. The lowest BCUT2D eigenvalue weighted by Gasteiger charge is -2.55. The zero-order valence-corrected chi connectivity index (χ0v) is 23.9. The molecule has 42 heavy (non-hydrogen) atoms. The number of rotatable bonds is 7. The Morgan fingerprint density at radius 1 is 0.952 bits per heavy atom. The van der Waals surface area contributed by atoms with Crippen LogP contribution in [0.5, 0.6) is 0 Å². The largest absolute Gasteiger partial charge is 0.477 e. The Bertz CT molecular complexity index is 1600. The number of fused-ring (bicyclic) bond motifs is 7. The molecule has 6 aliphatic rings. The van der Waals surface area contributed by atoms with Gasteiger partial charge < -0.3 is 29.8 Å². The molecule has 218 valence electrons. The molecule has 5 aliphatic heterocycles. The number of aliphatic hydroxyl groups is 1. The van der Waals surface area contributed by atoms with Crippen LogP contribution in [-0.2, 0) is 20.9 Å². The van der Waals surface area contributed by atoms with Gasteiger partial charge in [-0.3, -0.25) is 14.4 Å². The third-order valence-electron chi connectivity index (χ3n) is 10.7. The number of nitrogens with two attached hydrogens (primary N) is 1. The summed E-state index contributed by atoms with van der Waals surface area (Å²) in [5.74, 6) is -2.73. The van der Waals surface area contributed by atoms with Gasteiger partial charge in [-0.25, -0.2) is 4.79 Å². The maximum Gasteiger partial charge on any atom is 0.352 e. The normalized spacial score (nSPS) is 31.5. The Hall–Kier alpha value is -3.86. The third-order valence-corrected chi connectivity index (χ3v) is 10.7. The van der Waals surface area contributed by atoms with Gasteiger partial charge in [-0.05, 0) is 47.4 Å². The predicted octanol–water partition coefficient (Wildman–Crippen LogP) is 1.20. The number of hydrogen-bond donors (Lipinski definition) is 3. The summed E-state index contributed by atoms with van der Waals surface area (Å²) >= 11 is 0. The van der Waals surface area contributed by atoms with Crippen molar-refractivity contribution in [1.29, 1.82) is 0 Å². The first kappa shape index (κ1) is 27.0. The number of carboxylic acids is 1. The van der Waals surface area contributed by atoms with Crippen LogP contribution in [0.2, 0.25) is 0 Å². The summed E-state index contributed by atoms with van der Waals surface area (Å²) in [5.41, 5.74) is 10.7. The second-order valence-electron chi connectivity index (χ2n) is 13.1. The fourth-order valence-electron chi connectivity index (χ4n) is 8.48. The summed E-state index contributed by atoms with van der Waals surface area (Å²) in [6.45, 7) is 10.5. The van der Waals surface area contributed by atoms with Crippen LogP contribution >= 0.6 is 0 Å². The number of aliphatic carboxylic acids is 1. The van der Waals surface area contributed by atoms with Crippen molar-refractivity contribution in [2.45, 2.75) is 32.5 Å². The van der Waals surface area contributed by atoms with Crippen LogP contribution in [0.3, 0.4) is 0 Å². The van der Waals surface area contributed by atoms with Gasteiger partial charge in [0.25, 0.3) is 5.91 Å². The number of benzene rings is 2. The fraction of sp³-hybridized carbons (Fsp3) is 0.438. The molecular formula is C32H36N4O6+2. The van der Waals surface area contributed by atoms with Gasteiger partial charge >= 0.3 is 5.97 Å². The number of amides is 2. The fourth-order valence-corrected chi connectivity index (χ4v) is 8.48. The maximum absolute atomic E-state index is 13.5. The molecule has 1 aliphatic carbocycles. The quantitative estimate of drug-likeness (QED) is 0.287. The van der Waals surface area contributed by atoms with Crippen LogP contribution < -0.4 is 5.73 Å². The van der Waals surface area contributed by atoms with Gasteiger partial charge in [0.05, 0.1) is 18.1 Å². The highest BCUT2D eigenvalue weighted by atomic mass is 16.4. The SMILES string of the molecule is C[C@@H](O)[C@H]1C(=O)N2C(C(=O)O)=C(c3ccc4c(c3)-c3ccc(C[N+]56CC[N+](CC(N)=O)(CC5)CC6)cc3C4=O)[C@H](C)[C@H]12. The highest BCUT2D eigenvalue weighted by molar-refractivity contribution is 6.22. The first-order valence-electron chi connectivity index (χ1n) is 14.7. The Morgan fingerprint density at radius 2 is 1.60 bits per heavy atom. The van der Waals surface area contributed by atoms with Gasteiger partial charge in [-0.2, -0.15) is 0 Å². The smallest absolute Gasteiger partial charge is 0.352 e. The highest BCUT2D eigenvalue weighted by Crippen LogP contribution is 2.51. The number of ketones is 1. The zero-order chi connectivity index (χ0) is 29.7. The number of hydrogen-bond acceptors (Lipinski definition) is 5. The monoisotopic (exact) mass is 572 g/mol. The van der Waals surface area contributed by atoms with E-state index in [0.717, 1.165) is 71.5 Å². The van der Waals surface area contributed by atoms with E-state index in [4.69, 9.17) is 5.73 Å². The summed E-state index contributed by atoms with van der Waals surface area (Å²) < 4.78 is 1.75. The number of carbonyl (C=O) groups excluding carboxylic acids is 3. The lowest BCUT2D eigenvalue weighted by molar-refractivity contribution is -1.08. The first-order chi connectivity index (χ1) is 19.9. The maximum atomic E-state index is 13.5. The second kappa shape index (κ2) is 9.07. The van der Waals surface area contributed by atoms with Crippen LogP contribution in [0.4, 0.5) is 0 Å². The number of quaternary nitrogens is 2. The second-order valence-corrected chi connectivity index (χ2v) is 13.1. The topological polar surface area (TPSA) is 138 Å². The van der Waals surface area contributed by atoms with Crippen LogP contribution in [0.15, 0.2) is 42.1 Å². The van der Waals surface area contributed by atoms with Crippen molar-refractivity contribution in [1.82, 2.24) is 4.90 Å². The van der Waals surface area contributed by atoms with E-state index < -0.39 is 24.0 Å². The first-order valence-corrected chi connectivity index (χ1v) is 14.7. The van der Waals surface area contributed by atoms with E-state index in [0.29, 0.717) is 28.8 Å². The molecule has 2 aromatic rings. The molecule has 2 amide bonds. The Balaban J connectivity index is 1.18. The summed E-state index contributed by atoms with van der Waals surface area (Å²) in [5, 5.41) is 20.3. The van der Waals surface area contributed by atoms with E-state index in [1.54, 1.807) is 19.1 Å². The van der Waals surface area contributed by atoms with Crippen LogP contribution in [0, 0.1) is 11.8 Å². The molecule has 0 radical (unpaired) electrons. The molecule has 2 bridgehead atoms. The average Bonchev–Trinajstić information content (AvgIpc) is 3.37. The molecule has 8 rings (SSSR count). The van der Waals surface area contributed by atoms with Gasteiger partial charge in [-0.1, -0.05) is 25.1 Å². The molecule has 4 fully saturated rings. The molecule has 0 spiro atoms. The van der Waals surface area contributed by atoms with E-state index in [-0.39, 0.29) is 29.2 Å². The van der Waals surface area contributed by atoms with Gasteiger partial charge in [-0.15, -0.1) is 0 Å². The van der Waals surface area contributed by atoms with Gasteiger partial charge in [0.1, 0.15) is 51.5 Å². The van der Waals surface area contributed by atoms with Gasteiger partial charge in [0, 0.05) is 22.6 Å². The van der Waals surface area contributed by atoms with Crippen LogP contribution in [0.1, 0.15) is 40.9 Å². The molecular weight excluding hydrogens is 536 g/mol. The number of aliphatic hydroxyl groups excluding tert-OH is 1. The summed E-state index contributed by atoms with van der Waals surface area (Å²) in [7, 11) is 0. The summed E-state index contributed by atoms with van der Waals surface area (Å²) in [4.78, 5) is 51.6. The lowest BCUT2D eigenvalue weighted by atomic mass is 9.76. The van der Waals surface area contributed by atoms with Crippen molar-refractivity contribution in [2.24, 2.45) is 17.6 Å². The van der Waals surface area contributed by atoms with Crippen LogP contribution in [0.25, 0.3) is 16.7 Å². The molecule has 4 N–H and O–H groups in total. The van der Waals surface area contributed by atoms with Gasteiger partial charge in [0.15, 0.2) is 12.3 Å². The minimum Gasteiger partial charge on any atom is -0.477 e. The van der Waals surface area contributed by atoms with Crippen molar-refractivity contribution >= 4 is 29.1 Å². The number of β-lactam (4-membered cyclic amide) rings is 1. The Morgan fingerprint density at radius 3 is 2.21 bits per heavy atom. The molecule has 10 nitrogen and oxygen atoms in total. The van der Waals surface area contributed by atoms with Crippen molar-refractivity contribution in [3.63, 3.8) is 0 Å². The summed E-state index contributed by atoms with van der Waals surface area (Å²) in [6, 6.07) is 11.1. The minimum atomic E-state index is -1.17. The molecule has 4 atom stereocenters. The third kappa shape index (κ3) is 3.75. The zero-order valence-electron chi connectivity index (χ0n) is 23.9. The number of nitrogens with zero attached hydrogens (tertiary/aromatic N) is 3. The molecule has 10 heteroatoms. The number of piperazine rings is 3. The van der Waals surface area contributed by atoms with Crippen LogP contribution in [-0.4, -0.2) is 106 Å². The number of carboxylic acid groups (broad SMARTS) is 1. The van der Waals surface area contributed by atoms with E-state index in [2.05, 4.69) is 6.07 Å². The lowest BCUT2D eigenvalue weighted by Crippen LogP contribution is -2.75. The van der Waals surface area contributed by atoms with E-state index >= 15 is 0 Å². The predicted molar refractivity (Wildman–Crippen MR) is 152 cm³/mol. The number of primary amides is 1. The van der Waals surface area contributed by atoms with E-state index in [1.807, 2.05) is 25.1 Å². The molecule has 0 aromatic heterocycles. The van der Waals surface area contributed by atoms with Crippen molar-refractivity contribution in [2.75, 3.05) is 45.8 Å². The van der Waals surface area contributed by atoms with Crippen molar-refractivity contribution in [3.05, 3.63) is 64.3 Å².